The third kappa shape index (κ3) is 4.74. The lowest BCUT2D eigenvalue weighted by Crippen LogP contribution is -2.16. The van der Waals surface area contributed by atoms with Crippen LogP contribution >= 0.6 is 15.9 Å². The monoisotopic (exact) mass is 351 g/mol. The second-order valence-electron chi connectivity index (χ2n) is 5.06. The Morgan fingerprint density at radius 2 is 1.90 bits per heavy atom. The van der Waals surface area contributed by atoms with Crippen LogP contribution in [0.15, 0.2) is 46.9 Å². The van der Waals surface area contributed by atoms with E-state index in [2.05, 4.69) is 40.3 Å². The normalized spacial score (nSPS) is 12.0. The van der Waals surface area contributed by atoms with E-state index in [1.165, 1.54) is 17.7 Å². The fourth-order valence-electron chi connectivity index (χ4n) is 2.12. The summed E-state index contributed by atoms with van der Waals surface area (Å²) < 4.78 is 18.9. The third-order valence-electron chi connectivity index (χ3n) is 3.36. The molecule has 0 spiro atoms. The molecule has 1 unspecified atom stereocenters. The molecule has 0 saturated carbocycles. The zero-order chi connectivity index (χ0) is 15.2. The smallest absolute Gasteiger partial charge is 0.124 e. The van der Waals surface area contributed by atoms with Crippen LogP contribution in [0.3, 0.4) is 0 Å². The first-order valence-electron chi connectivity index (χ1n) is 6.93. The molecule has 4 heteroatoms. The Balaban J connectivity index is 1.87. The van der Waals surface area contributed by atoms with Gasteiger partial charge in [-0.1, -0.05) is 12.1 Å². The fourth-order valence-corrected chi connectivity index (χ4v) is 2.58. The molecule has 21 heavy (non-hydrogen) atoms. The maximum atomic E-state index is 13.0. The molecule has 1 N–H and O–H groups in total. The Morgan fingerprint density at radius 3 is 2.52 bits per heavy atom. The predicted molar refractivity (Wildman–Crippen MR) is 88.5 cm³/mol. The number of aryl methyl sites for hydroxylation is 1. The maximum absolute atomic E-state index is 13.0. The molecule has 2 nitrogen and oxygen atoms in total. The lowest BCUT2D eigenvalue weighted by atomic mass is 10.1. The van der Waals surface area contributed by atoms with Gasteiger partial charge in [0.1, 0.15) is 11.6 Å². The standard InChI is InChI=1S/C17H19BrFNO/c1-12(20-17-10-7-14(19)11-16(17)18)3-4-13-5-8-15(21-2)9-6-13/h5-12,20H,3-4H2,1-2H3. The zero-order valence-electron chi connectivity index (χ0n) is 12.2. The van der Waals surface area contributed by atoms with Gasteiger partial charge in [-0.2, -0.15) is 0 Å². The van der Waals surface area contributed by atoms with Crippen LogP contribution in [-0.2, 0) is 6.42 Å². The van der Waals surface area contributed by atoms with Crippen molar-refractivity contribution in [1.82, 2.24) is 0 Å². The molecule has 0 amide bonds. The highest BCUT2D eigenvalue weighted by atomic mass is 79.9. The number of hydrogen-bond acceptors (Lipinski definition) is 2. The summed E-state index contributed by atoms with van der Waals surface area (Å²) in [6.07, 6.45) is 1.98. The highest BCUT2D eigenvalue weighted by Crippen LogP contribution is 2.24. The second-order valence-corrected chi connectivity index (χ2v) is 5.91. The largest absolute Gasteiger partial charge is 0.497 e. The lowest BCUT2D eigenvalue weighted by molar-refractivity contribution is 0.414. The Hall–Kier alpha value is -1.55. The molecule has 0 bridgehead atoms. The van der Waals surface area contributed by atoms with Crippen LogP contribution in [0, 0.1) is 5.82 Å². The number of rotatable bonds is 6. The highest BCUT2D eigenvalue weighted by Gasteiger charge is 2.06. The van der Waals surface area contributed by atoms with Gasteiger partial charge in [-0.15, -0.1) is 0 Å². The first-order valence-corrected chi connectivity index (χ1v) is 7.72. The Labute approximate surface area is 133 Å². The van der Waals surface area contributed by atoms with Gasteiger partial charge in [0.05, 0.1) is 7.11 Å². The predicted octanol–water partition coefficient (Wildman–Crippen LogP) is 5.03. The Bertz CT molecular complexity index is 586. The number of methoxy groups -OCH3 is 1. The first-order chi connectivity index (χ1) is 10.1. The minimum atomic E-state index is -0.238. The zero-order valence-corrected chi connectivity index (χ0v) is 13.8. The topological polar surface area (TPSA) is 21.3 Å². The summed E-state index contributed by atoms with van der Waals surface area (Å²) in [6.45, 7) is 2.12. The van der Waals surface area contributed by atoms with E-state index in [1.54, 1.807) is 13.2 Å². The van der Waals surface area contributed by atoms with E-state index in [0.717, 1.165) is 28.8 Å². The van der Waals surface area contributed by atoms with E-state index >= 15 is 0 Å². The number of anilines is 1. The first kappa shape index (κ1) is 15.8. The maximum Gasteiger partial charge on any atom is 0.124 e. The Morgan fingerprint density at radius 1 is 1.19 bits per heavy atom. The van der Waals surface area contributed by atoms with Crippen LogP contribution in [0.5, 0.6) is 5.75 Å². The third-order valence-corrected chi connectivity index (χ3v) is 4.01. The SMILES string of the molecule is COc1ccc(CCC(C)Nc2ccc(F)cc2Br)cc1. The molecule has 112 valence electrons. The molecular formula is C17H19BrFNO. The van der Waals surface area contributed by atoms with Gasteiger partial charge in [0.15, 0.2) is 0 Å². The molecular weight excluding hydrogens is 333 g/mol. The number of ether oxygens (including phenoxy) is 1. The number of hydrogen-bond donors (Lipinski definition) is 1. The van der Waals surface area contributed by atoms with Crippen molar-refractivity contribution in [2.75, 3.05) is 12.4 Å². The van der Waals surface area contributed by atoms with Gasteiger partial charge in [0.25, 0.3) is 0 Å². The summed E-state index contributed by atoms with van der Waals surface area (Å²) in [5.74, 6) is 0.637. The summed E-state index contributed by atoms with van der Waals surface area (Å²) in [5, 5.41) is 3.39. The summed E-state index contributed by atoms with van der Waals surface area (Å²) in [6, 6.07) is 13.1. The molecule has 0 aliphatic rings. The van der Waals surface area contributed by atoms with Crippen molar-refractivity contribution in [3.8, 4) is 5.75 Å². The average Bonchev–Trinajstić information content (AvgIpc) is 2.48. The van der Waals surface area contributed by atoms with E-state index in [1.807, 2.05) is 12.1 Å². The second kappa shape index (κ2) is 7.46. The van der Waals surface area contributed by atoms with E-state index in [-0.39, 0.29) is 5.82 Å². The molecule has 0 aliphatic heterocycles. The highest BCUT2D eigenvalue weighted by molar-refractivity contribution is 9.10. The van der Waals surface area contributed by atoms with Gasteiger partial charge in [-0.25, -0.2) is 4.39 Å². The van der Waals surface area contributed by atoms with Crippen molar-refractivity contribution in [3.05, 3.63) is 58.3 Å². The van der Waals surface area contributed by atoms with E-state index in [4.69, 9.17) is 4.74 Å². The minimum absolute atomic E-state index is 0.238. The van der Waals surface area contributed by atoms with Crippen LogP contribution in [0.2, 0.25) is 0 Å². The lowest BCUT2D eigenvalue weighted by Gasteiger charge is -2.16. The summed E-state index contributed by atoms with van der Waals surface area (Å²) in [4.78, 5) is 0. The Kier molecular flexibility index (Phi) is 5.62. The van der Waals surface area contributed by atoms with Crippen LogP contribution in [0.4, 0.5) is 10.1 Å². The molecule has 0 aliphatic carbocycles. The minimum Gasteiger partial charge on any atom is -0.497 e. The van der Waals surface area contributed by atoms with Gasteiger partial charge < -0.3 is 10.1 Å². The van der Waals surface area contributed by atoms with Gasteiger partial charge in [0, 0.05) is 16.2 Å². The number of nitrogens with one attached hydrogen (secondary N) is 1. The molecule has 0 saturated heterocycles. The van der Waals surface area contributed by atoms with Gasteiger partial charge >= 0.3 is 0 Å². The molecule has 0 heterocycles. The van der Waals surface area contributed by atoms with Gasteiger partial charge in [-0.05, 0) is 71.6 Å². The quantitative estimate of drug-likeness (QED) is 0.787. The summed E-state index contributed by atoms with van der Waals surface area (Å²) >= 11 is 3.37. The van der Waals surface area contributed by atoms with Crippen molar-refractivity contribution < 1.29 is 9.13 Å². The van der Waals surface area contributed by atoms with E-state index in [0.29, 0.717) is 6.04 Å². The van der Waals surface area contributed by atoms with Crippen LogP contribution in [0.1, 0.15) is 18.9 Å². The molecule has 0 radical (unpaired) electrons. The number of halogens is 2. The number of benzene rings is 2. The average molecular weight is 352 g/mol. The van der Waals surface area contributed by atoms with Crippen molar-refractivity contribution >= 4 is 21.6 Å². The van der Waals surface area contributed by atoms with Crippen molar-refractivity contribution in [1.29, 1.82) is 0 Å². The van der Waals surface area contributed by atoms with Crippen LogP contribution in [0.25, 0.3) is 0 Å². The van der Waals surface area contributed by atoms with Crippen molar-refractivity contribution in [2.24, 2.45) is 0 Å². The molecule has 1 atom stereocenters. The van der Waals surface area contributed by atoms with E-state index < -0.39 is 0 Å². The molecule has 2 aromatic carbocycles. The molecule has 2 rings (SSSR count). The van der Waals surface area contributed by atoms with Crippen molar-refractivity contribution in [3.63, 3.8) is 0 Å². The summed E-state index contributed by atoms with van der Waals surface area (Å²) in [7, 11) is 1.67. The molecule has 0 fully saturated rings. The molecule has 0 aromatic heterocycles. The van der Waals surface area contributed by atoms with Gasteiger partial charge in [0.2, 0.25) is 0 Å². The van der Waals surface area contributed by atoms with Crippen molar-refractivity contribution in [2.45, 2.75) is 25.8 Å². The van der Waals surface area contributed by atoms with Gasteiger partial charge in [-0.3, -0.25) is 0 Å². The summed E-state index contributed by atoms with van der Waals surface area (Å²) in [5.41, 5.74) is 2.20. The fraction of sp³-hybridized carbons (Fsp3) is 0.294. The molecule has 2 aromatic rings. The van der Waals surface area contributed by atoms with E-state index in [9.17, 15) is 4.39 Å². The van der Waals surface area contributed by atoms with Crippen LogP contribution < -0.4 is 10.1 Å². The van der Waals surface area contributed by atoms with Crippen LogP contribution in [-0.4, -0.2) is 13.2 Å².